The van der Waals surface area contributed by atoms with Crippen molar-refractivity contribution in [2.45, 2.75) is 36.9 Å². The first-order valence-corrected chi connectivity index (χ1v) is 12.3. The van der Waals surface area contributed by atoms with Gasteiger partial charge >= 0.3 is 6.03 Å². The molecule has 0 bridgehead atoms. The number of imide groups is 1. The molecule has 0 unspecified atom stereocenters. The highest BCUT2D eigenvalue weighted by Crippen LogP contribution is 2.24. The van der Waals surface area contributed by atoms with Gasteiger partial charge in [0.1, 0.15) is 5.75 Å². The molecular formula is C24H24N6O4S. The minimum Gasteiger partial charge on any atom is -0.497 e. The lowest BCUT2D eigenvalue weighted by atomic mass is 10.2. The van der Waals surface area contributed by atoms with E-state index in [0.717, 1.165) is 37.4 Å². The van der Waals surface area contributed by atoms with Crippen molar-refractivity contribution in [1.29, 1.82) is 0 Å². The summed E-state index contributed by atoms with van der Waals surface area (Å²) in [5, 5.41) is 14.6. The number of hydrogen-bond acceptors (Lipinski definition) is 7. The van der Waals surface area contributed by atoms with Crippen molar-refractivity contribution >= 4 is 40.4 Å². The van der Waals surface area contributed by atoms with Crippen molar-refractivity contribution in [2.24, 2.45) is 0 Å². The number of rotatable bonds is 6. The first-order chi connectivity index (χ1) is 17.0. The molecule has 2 heterocycles. The van der Waals surface area contributed by atoms with Crippen LogP contribution in [0.3, 0.4) is 0 Å². The zero-order valence-electron chi connectivity index (χ0n) is 19.1. The van der Waals surface area contributed by atoms with Crippen LogP contribution in [0, 0.1) is 0 Å². The Kier molecular flexibility index (Phi) is 6.41. The largest absolute Gasteiger partial charge is 0.497 e. The number of nitrogens with zero attached hydrogens (tertiary/aromatic N) is 4. The van der Waals surface area contributed by atoms with E-state index in [1.54, 1.807) is 47.9 Å². The Balaban J connectivity index is 1.46. The number of methoxy groups -OCH3 is 1. The van der Waals surface area contributed by atoms with Crippen LogP contribution < -0.4 is 20.9 Å². The summed E-state index contributed by atoms with van der Waals surface area (Å²) in [5.41, 5.74) is 0.959. The Morgan fingerprint density at radius 3 is 2.71 bits per heavy atom. The number of amides is 3. The number of carbonyl (C=O) groups excluding carboxylic acids is 2. The van der Waals surface area contributed by atoms with Crippen molar-refractivity contribution in [1.82, 2.24) is 29.8 Å². The third-order valence-electron chi connectivity index (χ3n) is 5.98. The van der Waals surface area contributed by atoms with Crippen LogP contribution in [0.5, 0.6) is 5.75 Å². The molecule has 180 valence electrons. The summed E-state index contributed by atoms with van der Waals surface area (Å²) in [5.74, 6) is 0.435. The van der Waals surface area contributed by atoms with Gasteiger partial charge < -0.3 is 10.1 Å². The first-order valence-electron chi connectivity index (χ1n) is 11.3. The smallest absolute Gasteiger partial charge is 0.321 e. The minimum absolute atomic E-state index is 0.0362. The van der Waals surface area contributed by atoms with Gasteiger partial charge in [0.05, 0.1) is 29.5 Å². The molecule has 0 saturated heterocycles. The molecule has 3 amide bonds. The number of fused-ring (bicyclic) bond motifs is 3. The van der Waals surface area contributed by atoms with Crippen LogP contribution in [0.1, 0.15) is 25.7 Å². The third kappa shape index (κ3) is 4.59. The van der Waals surface area contributed by atoms with Gasteiger partial charge in [-0.05, 0) is 37.1 Å². The van der Waals surface area contributed by atoms with E-state index in [4.69, 9.17) is 4.74 Å². The van der Waals surface area contributed by atoms with Crippen LogP contribution in [-0.2, 0) is 4.79 Å². The molecular weight excluding hydrogens is 468 g/mol. The zero-order valence-corrected chi connectivity index (χ0v) is 19.9. The molecule has 1 aliphatic rings. The van der Waals surface area contributed by atoms with Crippen LogP contribution in [-0.4, -0.2) is 50.0 Å². The molecule has 2 N–H and O–H groups in total. The second-order valence-electron chi connectivity index (χ2n) is 8.27. The maximum Gasteiger partial charge on any atom is 0.321 e. The lowest BCUT2D eigenvalue weighted by molar-refractivity contribution is -0.117. The lowest BCUT2D eigenvalue weighted by Gasteiger charge is -2.13. The first kappa shape index (κ1) is 22.9. The average Bonchev–Trinajstić information content (AvgIpc) is 3.53. The number of para-hydroxylation sites is 1. The van der Waals surface area contributed by atoms with Crippen LogP contribution >= 0.6 is 11.8 Å². The maximum atomic E-state index is 13.4. The normalized spacial score (nSPS) is 13.9. The van der Waals surface area contributed by atoms with Gasteiger partial charge in [-0.1, -0.05) is 42.8 Å². The van der Waals surface area contributed by atoms with E-state index >= 15 is 0 Å². The summed E-state index contributed by atoms with van der Waals surface area (Å²) >= 11 is 1.14. The highest BCUT2D eigenvalue weighted by molar-refractivity contribution is 7.99. The molecule has 1 aliphatic carbocycles. The van der Waals surface area contributed by atoms with Crippen LogP contribution in [0.2, 0.25) is 0 Å². The van der Waals surface area contributed by atoms with E-state index in [-0.39, 0.29) is 17.4 Å². The summed E-state index contributed by atoms with van der Waals surface area (Å²) in [4.78, 5) is 37.9. The lowest BCUT2D eigenvalue weighted by Crippen LogP contribution is -2.44. The summed E-state index contributed by atoms with van der Waals surface area (Å²) in [6.45, 7) is 0. The Labute approximate surface area is 204 Å². The summed E-state index contributed by atoms with van der Waals surface area (Å²) in [7, 11) is 1.56. The molecule has 35 heavy (non-hydrogen) atoms. The van der Waals surface area contributed by atoms with Gasteiger partial charge in [-0.15, -0.1) is 10.2 Å². The standard InChI is InChI=1S/C24H24N6O4S/c1-34-17-10-6-9-16(13-17)29-21(32)18-11-4-5-12-19(18)30-23(29)27-28-24(30)35-14-20(31)26-22(33)25-15-7-2-3-8-15/h4-6,9-13,15H,2-3,7-8,14H2,1H3,(H2,25,26,31,33). The van der Waals surface area contributed by atoms with E-state index in [2.05, 4.69) is 20.8 Å². The molecule has 0 atom stereocenters. The van der Waals surface area contributed by atoms with Gasteiger partial charge in [-0.3, -0.25) is 19.3 Å². The van der Waals surface area contributed by atoms with E-state index in [9.17, 15) is 14.4 Å². The zero-order chi connectivity index (χ0) is 24.4. The van der Waals surface area contributed by atoms with Gasteiger partial charge in [0.15, 0.2) is 5.16 Å². The molecule has 4 aromatic rings. The number of urea groups is 1. The maximum absolute atomic E-state index is 13.4. The van der Waals surface area contributed by atoms with Gasteiger partial charge in [-0.2, -0.15) is 0 Å². The number of nitrogens with one attached hydrogen (secondary N) is 2. The van der Waals surface area contributed by atoms with Crippen LogP contribution in [0.25, 0.3) is 22.4 Å². The fourth-order valence-electron chi connectivity index (χ4n) is 4.34. The number of ether oxygens (including phenoxy) is 1. The van der Waals surface area contributed by atoms with Crippen LogP contribution in [0.4, 0.5) is 4.79 Å². The second kappa shape index (κ2) is 9.79. The Bertz CT molecular complexity index is 1470. The van der Waals surface area contributed by atoms with Gasteiger partial charge in [0, 0.05) is 12.1 Å². The molecule has 2 aromatic heterocycles. The van der Waals surface area contributed by atoms with Gasteiger partial charge in [-0.25, -0.2) is 9.36 Å². The predicted molar refractivity (Wildman–Crippen MR) is 132 cm³/mol. The molecule has 1 saturated carbocycles. The van der Waals surface area contributed by atoms with Gasteiger partial charge in [0.25, 0.3) is 5.56 Å². The molecule has 0 radical (unpaired) electrons. The summed E-state index contributed by atoms with van der Waals surface area (Å²) in [6.07, 6.45) is 4.04. The van der Waals surface area contributed by atoms with Crippen molar-refractivity contribution in [2.75, 3.05) is 12.9 Å². The molecule has 1 fully saturated rings. The fraction of sp³-hybridized carbons (Fsp3) is 0.292. The number of carbonyl (C=O) groups is 2. The second-order valence-corrected chi connectivity index (χ2v) is 9.21. The van der Waals surface area contributed by atoms with E-state index in [0.29, 0.717) is 33.3 Å². The monoisotopic (exact) mass is 492 g/mol. The van der Waals surface area contributed by atoms with E-state index < -0.39 is 11.9 Å². The van der Waals surface area contributed by atoms with Crippen molar-refractivity contribution in [3.05, 3.63) is 58.9 Å². The SMILES string of the molecule is COc1cccc(-n2c(=O)c3ccccc3n3c(SCC(=O)NC(=O)NC4CCCC4)nnc23)c1. The quantitative estimate of drug-likeness (QED) is 0.397. The summed E-state index contributed by atoms with van der Waals surface area (Å²) < 4.78 is 8.53. The third-order valence-corrected chi connectivity index (χ3v) is 6.91. The van der Waals surface area contributed by atoms with Crippen molar-refractivity contribution in [3.63, 3.8) is 0 Å². The average molecular weight is 493 g/mol. The number of aromatic nitrogens is 4. The van der Waals surface area contributed by atoms with Gasteiger partial charge in [0.2, 0.25) is 11.7 Å². The molecule has 2 aromatic carbocycles. The van der Waals surface area contributed by atoms with E-state index in [1.165, 1.54) is 4.57 Å². The Morgan fingerprint density at radius 2 is 1.91 bits per heavy atom. The molecule has 0 spiro atoms. The molecule has 0 aliphatic heterocycles. The topological polar surface area (TPSA) is 120 Å². The number of benzene rings is 2. The van der Waals surface area contributed by atoms with Crippen molar-refractivity contribution in [3.8, 4) is 11.4 Å². The van der Waals surface area contributed by atoms with Crippen LogP contribution in [0.15, 0.2) is 58.5 Å². The number of hydrogen-bond donors (Lipinski definition) is 2. The Hall–Kier alpha value is -3.86. The fourth-order valence-corrected chi connectivity index (χ4v) is 5.08. The predicted octanol–water partition coefficient (Wildman–Crippen LogP) is 2.90. The van der Waals surface area contributed by atoms with E-state index in [1.807, 2.05) is 12.1 Å². The molecule has 10 nitrogen and oxygen atoms in total. The number of thioether (sulfide) groups is 1. The van der Waals surface area contributed by atoms with Crippen molar-refractivity contribution < 1.29 is 14.3 Å². The Morgan fingerprint density at radius 1 is 1.11 bits per heavy atom. The minimum atomic E-state index is -0.481. The summed E-state index contributed by atoms with van der Waals surface area (Å²) in [6, 6.07) is 13.9. The molecule has 11 heteroatoms. The molecule has 5 rings (SSSR count). The highest BCUT2D eigenvalue weighted by atomic mass is 32.2. The highest BCUT2D eigenvalue weighted by Gasteiger charge is 2.21.